The van der Waals surface area contributed by atoms with Crippen LogP contribution >= 0.6 is 0 Å². The zero-order valence-corrected chi connectivity index (χ0v) is 11.2. The molecule has 0 aromatic heterocycles. The van der Waals surface area contributed by atoms with Crippen molar-refractivity contribution >= 4 is 5.97 Å². The predicted molar refractivity (Wildman–Crippen MR) is 69.3 cm³/mol. The lowest BCUT2D eigenvalue weighted by molar-refractivity contribution is -0.156. The number of rotatable bonds is 8. The molecule has 1 aromatic carbocycles. The Morgan fingerprint density at radius 3 is 2.58 bits per heavy atom. The predicted octanol–water partition coefficient (Wildman–Crippen LogP) is 1.49. The first kappa shape index (κ1) is 15.6. The van der Waals surface area contributed by atoms with E-state index in [0.717, 1.165) is 5.56 Å². The minimum atomic E-state index is -0.764. The Kier molecular flexibility index (Phi) is 7.10. The van der Waals surface area contributed by atoms with E-state index >= 15 is 0 Å². The Hall–Kier alpha value is -1.43. The molecule has 0 unspecified atom stereocenters. The van der Waals surface area contributed by atoms with Gasteiger partial charge in [-0.2, -0.15) is 0 Å². The SMILES string of the molecule is COC(=O)C[C@H](OCOCc1ccccc1)[C@H](C)O. The van der Waals surface area contributed by atoms with E-state index < -0.39 is 18.2 Å². The summed E-state index contributed by atoms with van der Waals surface area (Å²) in [7, 11) is 1.30. The Morgan fingerprint density at radius 1 is 1.32 bits per heavy atom. The highest BCUT2D eigenvalue weighted by Crippen LogP contribution is 2.07. The van der Waals surface area contributed by atoms with Gasteiger partial charge in [0.25, 0.3) is 0 Å². The summed E-state index contributed by atoms with van der Waals surface area (Å²) in [5.41, 5.74) is 1.03. The summed E-state index contributed by atoms with van der Waals surface area (Å²) in [5, 5.41) is 9.48. The van der Waals surface area contributed by atoms with Gasteiger partial charge >= 0.3 is 5.97 Å². The van der Waals surface area contributed by atoms with Crippen LogP contribution in [0.1, 0.15) is 18.9 Å². The third kappa shape index (κ3) is 6.33. The van der Waals surface area contributed by atoms with Gasteiger partial charge in [-0.05, 0) is 12.5 Å². The number of methoxy groups -OCH3 is 1. The number of carbonyl (C=O) groups excluding carboxylic acids is 1. The van der Waals surface area contributed by atoms with Gasteiger partial charge in [0.05, 0.1) is 32.3 Å². The molecule has 0 aliphatic heterocycles. The van der Waals surface area contributed by atoms with E-state index in [0.29, 0.717) is 6.61 Å². The smallest absolute Gasteiger partial charge is 0.308 e. The molecule has 0 amide bonds. The van der Waals surface area contributed by atoms with E-state index in [9.17, 15) is 9.90 Å². The molecule has 0 radical (unpaired) electrons. The summed E-state index contributed by atoms with van der Waals surface area (Å²) in [6.07, 6.45) is -1.38. The summed E-state index contributed by atoms with van der Waals surface area (Å²) < 4.78 is 15.2. The molecule has 0 saturated carbocycles. The first-order valence-electron chi connectivity index (χ1n) is 6.11. The van der Waals surface area contributed by atoms with E-state index in [4.69, 9.17) is 9.47 Å². The first-order valence-corrected chi connectivity index (χ1v) is 6.11. The second kappa shape index (κ2) is 8.63. The van der Waals surface area contributed by atoms with Crippen molar-refractivity contribution in [2.75, 3.05) is 13.9 Å². The van der Waals surface area contributed by atoms with Gasteiger partial charge in [-0.25, -0.2) is 0 Å². The quantitative estimate of drug-likeness (QED) is 0.439. The van der Waals surface area contributed by atoms with E-state index in [2.05, 4.69) is 4.74 Å². The molecular formula is C14H20O5. The van der Waals surface area contributed by atoms with Crippen molar-refractivity contribution < 1.29 is 24.1 Å². The molecule has 2 atom stereocenters. The van der Waals surface area contributed by atoms with Gasteiger partial charge in [0.2, 0.25) is 0 Å². The van der Waals surface area contributed by atoms with Gasteiger partial charge in [-0.15, -0.1) is 0 Å². The van der Waals surface area contributed by atoms with Crippen LogP contribution in [0.25, 0.3) is 0 Å². The lowest BCUT2D eigenvalue weighted by Gasteiger charge is -2.19. The molecule has 106 valence electrons. The number of aliphatic hydroxyl groups is 1. The summed E-state index contributed by atoms with van der Waals surface area (Å²) >= 11 is 0. The van der Waals surface area contributed by atoms with Crippen molar-refractivity contribution in [1.82, 2.24) is 0 Å². The molecule has 1 rings (SSSR count). The average molecular weight is 268 g/mol. The topological polar surface area (TPSA) is 65.0 Å². The van der Waals surface area contributed by atoms with Crippen LogP contribution in [0.3, 0.4) is 0 Å². The third-order valence-corrected chi connectivity index (χ3v) is 2.61. The fraction of sp³-hybridized carbons (Fsp3) is 0.500. The normalized spacial score (nSPS) is 13.8. The van der Waals surface area contributed by atoms with Crippen LogP contribution in [0.2, 0.25) is 0 Å². The largest absolute Gasteiger partial charge is 0.469 e. The number of ether oxygens (including phenoxy) is 3. The maximum Gasteiger partial charge on any atom is 0.308 e. The van der Waals surface area contributed by atoms with Gasteiger partial charge in [0, 0.05) is 0 Å². The van der Waals surface area contributed by atoms with Crippen LogP contribution in [0.5, 0.6) is 0 Å². The summed E-state index contributed by atoms with van der Waals surface area (Å²) in [6.45, 7) is 2.00. The molecule has 0 fully saturated rings. The summed E-state index contributed by atoms with van der Waals surface area (Å²) in [5.74, 6) is -0.422. The third-order valence-electron chi connectivity index (χ3n) is 2.61. The fourth-order valence-electron chi connectivity index (χ4n) is 1.49. The zero-order valence-electron chi connectivity index (χ0n) is 11.2. The molecule has 0 spiro atoms. The molecule has 0 heterocycles. The highest BCUT2D eigenvalue weighted by atomic mass is 16.7. The van der Waals surface area contributed by atoms with Gasteiger partial charge in [-0.3, -0.25) is 4.79 Å². The van der Waals surface area contributed by atoms with Crippen molar-refractivity contribution in [1.29, 1.82) is 0 Å². The minimum absolute atomic E-state index is 0.00284. The lowest BCUT2D eigenvalue weighted by atomic mass is 10.1. The van der Waals surface area contributed by atoms with E-state index in [1.54, 1.807) is 6.92 Å². The standard InChI is InChI=1S/C14H20O5/c1-11(15)13(8-14(16)17-2)19-10-18-9-12-6-4-3-5-7-12/h3-7,11,13,15H,8-10H2,1-2H3/t11-,13-/m0/s1. The second-order valence-electron chi connectivity index (χ2n) is 4.18. The molecular weight excluding hydrogens is 248 g/mol. The molecule has 5 heteroatoms. The van der Waals surface area contributed by atoms with Crippen LogP contribution in [0.15, 0.2) is 30.3 Å². The van der Waals surface area contributed by atoms with E-state index in [-0.39, 0.29) is 13.2 Å². The fourth-order valence-corrected chi connectivity index (χ4v) is 1.49. The molecule has 0 aliphatic rings. The van der Waals surface area contributed by atoms with Crippen molar-refractivity contribution in [3.63, 3.8) is 0 Å². The number of hydrogen-bond donors (Lipinski definition) is 1. The second-order valence-corrected chi connectivity index (χ2v) is 4.18. The van der Waals surface area contributed by atoms with Gasteiger partial charge in [0.15, 0.2) is 0 Å². The number of hydrogen-bond acceptors (Lipinski definition) is 5. The average Bonchev–Trinajstić information content (AvgIpc) is 2.42. The van der Waals surface area contributed by atoms with Crippen LogP contribution in [0, 0.1) is 0 Å². The van der Waals surface area contributed by atoms with E-state index in [1.165, 1.54) is 7.11 Å². The number of carbonyl (C=O) groups is 1. The molecule has 0 bridgehead atoms. The highest BCUT2D eigenvalue weighted by Gasteiger charge is 2.20. The summed E-state index contributed by atoms with van der Waals surface area (Å²) in [4.78, 5) is 11.1. The van der Waals surface area contributed by atoms with Crippen molar-refractivity contribution in [3.8, 4) is 0 Å². The highest BCUT2D eigenvalue weighted by molar-refractivity contribution is 5.69. The minimum Gasteiger partial charge on any atom is -0.469 e. The van der Waals surface area contributed by atoms with Crippen LogP contribution in [-0.4, -0.2) is 37.2 Å². The van der Waals surface area contributed by atoms with Crippen molar-refractivity contribution in [2.24, 2.45) is 0 Å². The maximum absolute atomic E-state index is 11.1. The Bertz CT molecular complexity index is 363. The number of benzene rings is 1. The molecule has 19 heavy (non-hydrogen) atoms. The van der Waals surface area contributed by atoms with Gasteiger partial charge in [-0.1, -0.05) is 30.3 Å². The van der Waals surface area contributed by atoms with Gasteiger partial charge < -0.3 is 19.3 Å². The monoisotopic (exact) mass is 268 g/mol. The molecule has 0 saturated heterocycles. The Balaban J connectivity index is 2.27. The lowest BCUT2D eigenvalue weighted by Crippen LogP contribution is -2.30. The van der Waals surface area contributed by atoms with Crippen LogP contribution in [-0.2, 0) is 25.6 Å². The first-order chi connectivity index (χ1) is 9.13. The van der Waals surface area contributed by atoms with Gasteiger partial charge in [0.1, 0.15) is 6.79 Å². The summed E-state index contributed by atoms with van der Waals surface area (Å²) in [6, 6.07) is 9.67. The van der Waals surface area contributed by atoms with E-state index in [1.807, 2.05) is 30.3 Å². The number of aliphatic hydroxyl groups excluding tert-OH is 1. The Labute approximate surface area is 113 Å². The van der Waals surface area contributed by atoms with Crippen molar-refractivity contribution in [2.45, 2.75) is 32.2 Å². The maximum atomic E-state index is 11.1. The van der Waals surface area contributed by atoms with Crippen LogP contribution in [0.4, 0.5) is 0 Å². The molecule has 5 nitrogen and oxygen atoms in total. The molecule has 0 aliphatic carbocycles. The molecule has 1 aromatic rings. The van der Waals surface area contributed by atoms with Crippen molar-refractivity contribution in [3.05, 3.63) is 35.9 Å². The van der Waals surface area contributed by atoms with Crippen LogP contribution < -0.4 is 0 Å². The Morgan fingerprint density at radius 2 is 2.00 bits per heavy atom. The number of esters is 1. The zero-order chi connectivity index (χ0) is 14.1. The molecule has 1 N–H and O–H groups in total.